The molecule has 1 unspecified atom stereocenters. The van der Waals surface area contributed by atoms with Crippen molar-refractivity contribution < 1.29 is 4.79 Å². The number of nitrogens with one attached hydrogen (secondary N) is 1. The molecule has 3 N–H and O–H groups in total. The molecule has 1 aromatic carbocycles. The van der Waals surface area contributed by atoms with E-state index in [4.69, 9.17) is 5.73 Å². The molecule has 0 bridgehead atoms. The predicted molar refractivity (Wildman–Crippen MR) is 75.1 cm³/mol. The Morgan fingerprint density at radius 2 is 1.78 bits per heavy atom. The van der Waals surface area contributed by atoms with Crippen molar-refractivity contribution in [2.24, 2.45) is 5.73 Å². The van der Waals surface area contributed by atoms with E-state index in [1.54, 1.807) is 0 Å². The number of carbonyl (C=O) groups excluding carboxylic acids is 1. The highest BCUT2D eigenvalue weighted by atomic mass is 16.2. The zero-order chi connectivity index (χ0) is 13.6. The number of hydrogen-bond donors (Lipinski definition) is 2. The molecule has 0 saturated carbocycles. The second kappa shape index (κ2) is 6.55. The second-order valence-electron chi connectivity index (χ2n) is 4.71. The first-order valence-corrected chi connectivity index (χ1v) is 6.72. The minimum Gasteiger partial charge on any atom is -0.348 e. The van der Waals surface area contributed by atoms with Gasteiger partial charge < -0.3 is 11.1 Å². The first-order valence-electron chi connectivity index (χ1n) is 6.72. The number of amides is 1. The van der Waals surface area contributed by atoms with Crippen LogP contribution in [-0.2, 0) is 4.79 Å². The average Bonchev–Trinajstić information content (AvgIpc) is 2.44. The van der Waals surface area contributed by atoms with Gasteiger partial charge in [-0.3, -0.25) is 4.79 Å². The van der Waals surface area contributed by atoms with Gasteiger partial charge >= 0.3 is 0 Å². The topological polar surface area (TPSA) is 55.1 Å². The molecule has 0 aliphatic rings. The molecule has 0 fully saturated rings. The van der Waals surface area contributed by atoms with Crippen LogP contribution in [0.2, 0.25) is 0 Å². The van der Waals surface area contributed by atoms with Crippen LogP contribution in [0.15, 0.2) is 30.3 Å². The standard InChI is InChI=1S/C15H24N2O/c1-4-13(12-10-8-7-9-11-12)17-14(18)15(16,5-2)6-3/h7-11,13H,4-6,16H2,1-3H3,(H,17,18). The molecule has 3 nitrogen and oxygen atoms in total. The Bertz CT molecular complexity index is 371. The number of rotatable bonds is 6. The smallest absolute Gasteiger partial charge is 0.240 e. The molecule has 0 aromatic heterocycles. The van der Waals surface area contributed by atoms with E-state index >= 15 is 0 Å². The van der Waals surface area contributed by atoms with Crippen molar-refractivity contribution in [3.63, 3.8) is 0 Å². The van der Waals surface area contributed by atoms with Gasteiger partial charge in [0.15, 0.2) is 0 Å². The fourth-order valence-corrected chi connectivity index (χ4v) is 1.98. The van der Waals surface area contributed by atoms with Crippen molar-refractivity contribution in [1.29, 1.82) is 0 Å². The Hall–Kier alpha value is -1.35. The fourth-order valence-electron chi connectivity index (χ4n) is 1.98. The molecule has 0 radical (unpaired) electrons. The van der Waals surface area contributed by atoms with Gasteiger partial charge in [-0.15, -0.1) is 0 Å². The monoisotopic (exact) mass is 248 g/mol. The number of nitrogens with two attached hydrogens (primary N) is 1. The summed E-state index contributed by atoms with van der Waals surface area (Å²) >= 11 is 0. The van der Waals surface area contributed by atoms with Crippen LogP contribution in [0.1, 0.15) is 51.6 Å². The quantitative estimate of drug-likeness (QED) is 0.813. The van der Waals surface area contributed by atoms with Crippen LogP contribution >= 0.6 is 0 Å². The second-order valence-corrected chi connectivity index (χ2v) is 4.71. The number of carbonyl (C=O) groups is 1. The highest BCUT2D eigenvalue weighted by Gasteiger charge is 2.31. The summed E-state index contributed by atoms with van der Waals surface area (Å²) in [7, 11) is 0. The third kappa shape index (κ3) is 3.33. The van der Waals surface area contributed by atoms with Crippen molar-refractivity contribution in [3.05, 3.63) is 35.9 Å². The molecule has 3 heteroatoms. The van der Waals surface area contributed by atoms with Gasteiger partial charge in [0.1, 0.15) is 0 Å². The van der Waals surface area contributed by atoms with Crippen LogP contribution in [0.4, 0.5) is 0 Å². The van der Waals surface area contributed by atoms with Crippen molar-refractivity contribution in [3.8, 4) is 0 Å². The summed E-state index contributed by atoms with van der Waals surface area (Å²) in [4.78, 5) is 12.2. The SMILES string of the molecule is CCC(NC(=O)C(N)(CC)CC)c1ccccc1. The van der Waals surface area contributed by atoms with E-state index in [1.807, 2.05) is 44.2 Å². The molecule has 0 spiro atoms. The highest BCUT2D eigenvalue weighted by molar-refractivity contribution is 5.86. The number of benzene rings is 1. The van der Waals surface area contributed by atoms with Crippen LogP contribution in [0, 0.1) is 0 Å². The first-order chi connectivity index (χ1) is 8.57. The van der Waals surface area contributed by atoms with Gasteiger partial charge in [0.25, 0.3) is 0 Å². The van der Waals surface area contributed by atoms with Crippen molar-refractivity contribution in [2.75, 3.05) is 0 Å². The summed E-state index contributed by atoms with van der Waals surface area (Å²) in [5, 5.41) is 3.06. The Morgan fingerprint density at radius 1 is 1.22 bits per heavy atom. The van der Waals surface area contributed by atoms with Crippen LogP contribution in [0.3, 0.4) is 0 Å². The van der Waals surface area contributed by atoms with Gasteiger partial charge in [0, 0.05) is 0 Å². The summed E-state index contributed by atoms with van der Waals surface area (Å²) < 4.78 is 0. The zero-order valence-corrected chi connectivity index (χ0v) is 11.6. The van der Waals surface area contributed by atoms with Crippen LogP contribution < -0.4 is 11.1 Å². The molecular weight excluding hydrogens is 224 g/mol. The number of hydrogen-bond acceptors (Lipinski definition) is 2. The summed E-state index contributed by atoms with van der Waals surface area (Å²) in [5.41, 5.74) is 6.49. The Balaban J connectivity index is 2.79. The lowest BCUT2D eigenvalue weighted by atomic mass is 9.92. The summed E-state index contributed by atoms with van der Waals surface area (Å²) in [6.07, 6.45) is 2.17. The van der Waals surface area contributed by atoms with Gasteiger partial charge in [-0.25, -0.2) is 0 Å². The van der Waals surface area contributed by atoms with Crippen molar-refractivity contribution >= 4 is 5.91 Å². The minimum atomic E-state index is -0.748. The van der Waals surface area contributed by atoms with Gasteiger partial charge in [-0.2, -0.15) is 0 Å². The van der Waals surface area contributed by atoms with Gasteiger partial charge in [-0.05, 0) is 24.8 Å². The lowest BCUT2D eigenvalue weighted by Gasteiger charge is -2.28. The predicted octanol–water partition coefficient (Wildman–Crippen LogP) is 2.77. The summed E-state index contributed by atoms with van der Waals surface area (Å²) in [5.74, 6) is -0.0526. The Kier molecular flexibility index (Phi) is 5.35. The molecule has 1 amide bonds. The van der Waals surface area contributed by atoms with Crippen molar-refractivity contribution in [1.82, 2.24) is 5.32 Å². The van der Waals surface area contributed by atoms with E-state index in [9.17, 15) is 4.79 Å². The molecule has 0 aliphatic carbocycles. The van der Waals surface area contributed by atoms with Gasteiger partial charge in [0.05, 0.1) is 11.6 Å². The van der Waals surface area contributed by atoms with Crippen LogP contribution in [0.5, 0.6) is 0 Å². The molecule has 0 saturated heterocycles. The first kappa shape index (κ1) is 14.7. The summed E-state index contributed by atoms with van der Waals surface area (Å²) in [6, 6.07) is 10.1. The maximum absolute atomic E-state index is 12.2. The molecule has 0 heterocycles. The molecule has 18 heavy (non-hydrogen) atoms. The zero-order valence-electron chi connectivity index (χ0n) is 11.6. The lowest BCUT2D eigenvalue weighted by molar-refractivity contribution is -0.127. The highest BCUT2D eigenvalue weighted by Crippen LogP contribution is 2.19. The third-order valence-electron chi connectivity index (χ3n) is 3.63. The molecular formula is C15H24N2O. The summed E-state index contributed by atoms with van der Waals surface area (Å²) in [6.45, 7) is 5.97. The molecule has 0 aliphatic heterocycles. The normalized spacial score (nSPS) is 13.1. The minimum absolute atomic E-state index is 0.0414. The van der Waals surface area contributed by atoms with E-state index in [1.165, 1.54) is 0 Å². The van der Waals surface area contributed by atoms with E-state index < -0.39 is 5.54 Å². The van der Waals surface area contributed by atoms with Crippen molar-refractivity contribution in [2.45, 2.75) is 51.6 Å². The van der Waals surface area contributed by atoms with E-state index in [0.29, 0.717) is 12.8 Å². The Labute approximate surface area is 110 Å². The van der Waals surface area contributed by atoms with Gasteiger partial charge in [-0.1, -0.05) is 51.1 Å². The Morgan fingerprint density at radius 3 is 2.22 bits per heavy atom. The molecule has 1 atom stereocenters. The van der Waals surface area contributed by atoms with E-state index in [0.717, 1.165) is 12.0 Å². The maximum Gasteiger partial charge on any atom is 0.240 e. The van der Waals surface area contributed by atoms with Crippen LogP contribution in [0.25, 0.3) is 0 Å². The van der Waals surface area contributed by atoms with E-state index in [2.05, 4.69) is 12.2 Å². The molecule has 100 valence electrons. The maximum atomic E-state index is 12.2. The molecule has 1 rings (SSSR count). The fraction of sp³-hybridized carbons (Fsp3) is 0.533. The lowest BCUT2D eigenvalue weighted by Crippen LogP contribution is -2.53. The van der Waals surface area contributed by atoms with E-state index in [-0.39, 0.29) is 11.9 Å². The van der Waals surface area contributed by atoms with Gasteiger partial charge in [0.2, 0.25) is 5.91 Å². The molecule has 1 aromatic rings. The third-order valence-corrected chi connectivity index (χ3v) is 3.63. The average molecular weight is 248 g/mol. The van der Waals surface area contributed by atoms with Crippen LogP contribution in [-0.4, -0.2) is 11.4 Å². The largest absolute Gasteiger partial charge is 0.348 e.